The Morgan fingerprint density at radius 1 is 1.46 bits per heavy atom. The highest BCUT2D eigenvalue weighted by atomic mass is 28.2. The molecule has 0 spiro atoms. The third kappa shape index (κ3) is 3.00. The Hall–Kier alpha value is -1.13. The Balaban J connectivity index is 2.62. The molecule has 3 nitrogen and oxygen atoms in total. The molecule has 0 amide bonds. The number of rotatable bonds is 4. The molecule has 3 radical (unpaired) electrons. The summed E-state index contributed by atoms with van der Waals surface area (Å²) in [5.41, 5.74) is 1.00. The summed E-state index contributed by atoms with van der Waals surface area (Å²) in [4.78, 5) is 13.2. The van der Waals surface area contributed by atoms with Crippen LogP contribution < -0.4 is 4.98 Å². The normalized spacial score (nSPS) is 12.4. The average molecular weight is 192 g/mol. The molecule has 0 saturated carbocycles. The highest BCUT2D eigenvalue weighted by molar-refractivity contribution is 6.06. The minimum atomic E-state index is -0.862. The first-order valence-electron chi connectivity index (χ1n) is 3.93. The van der Waals surface area contributed by atoms with E-state index in [1.165, 1.54) is 0 Å². The second-order valence-electron chi connectivity index (χ2n) is 2.72. The maximum atomic E-state index is 10.6. The van der Waals surface area contributed by atoms with Crippen LogP contribution >= 0.6 is 0 Å². The summed E-state index contributed by atoms with van der Waals surface area (Å²) in [7, 11) is 2.99. The van der Waals surface area contributed by atoms with Crippen LogP contribution in [0.4, 0.5) is 0 Å². The number of carboxylic acids is 1. The van der Waals surface area contributed by atoms with Gasteiger partial charge in [0, 0.05) is 0 Å². The van der Waals surface area contributed by atoms with Crippen LogP contribution in [0.15, 0.2) is 30.3 Å². The quantitative estimate of drug-likeness (QED) is 0.677. The van der Waals surface area contributed by atoms with Gasteiger partial charge in [0.15, 0.2) is 0 Å². The van der Waals surface area contributed by atoms with E-state index in [1.54, 1.807) is 0 Å². The molecule has 1 aromatic carbocycles. The van der Waals surface area contributed by atoms with Crippen molar-refractivity contribution in [2.24, 2.45) is 0 Å². The van der Waals surface area contributed by atoms with Crippen molar-refractivity contribution in [1.82, 2.24) is 4.98 Å². The van der Waals surface area contributed by atoms with E-state index in [0.717, 1.165) is 5.56 Å². The predicted octanol–water partition coefficient (Wildman–Crippen LogP) is 0.355. The fraction of sp³-hybridized carbons (Fsp3) is 0.222. The molecule has 0 fully saturated rings. The topological polar surface area (TPSA) is 49.3 Å². The van der Waals surface area contributed by atoms with Crippen molar-refractivity contribution in [2.75, 3.05) is 0 Å². The van der Waals surface area contributed by atoms with Crippen LogP contribution in [-0.2, 0) is 11.2 Å². The van der Waals surface area contributed by atoms with E-state index in [1.807, 2.05) is 30.3 Å². The SMILES string of the molecule is O=C(O)[C@H](Cc1ccccc1)N[Si]. The molecule has 13 heavy (non-hydrogen) atoms. The molecule has 0 heterocycles. The van der Waals surface area contributed by atoms with Gasteiger partial charge in [0.25, 0.3) is 0 Å². The average Bonchev–Trinajstić information content (AvgIpc) is 2.15. The summed E-state index contributed by atoms with van der Waals surface area (Å²) < 4.78 is 0. The Morgan fingerprint density at radius 3 is 2.54 bits per heavy atom. The maximum Gasteiger partial charge on any atom is 0.320 e. The van der Waals surface area contributed by atoms with Gasteiger partial charge in [0.1, 0.15) is 16.4 Å². The summed E-state index contributed by atoms with van der Waals surface area (Å²) in [6, 6.07) is 8.91. The molecule has 0 aliphatic carbocycles. The van der Waals surface area contributed by atoms with E-state index in [2.05, 4.69) is 15.4 Å². The summed E-state index contributed by atoms with van der Waals surface area (Å²) in [5, 5.41) is 8.74. The van der Waals surface area contributed by atoms with Crippen LogP contribution in [0.3, 0.4) is 0 Å². The molecular formula is C9H10NO2Si. The molecule has 67 valence electrons. The fourth-order valence-electron chi connectivity index (χ4n) is 1.05. The first-order chi connectivity index (χ1) is 6.24. The van der Waals surface area contributed by atoms with E-state index in [9.17, 15) is 4.79 Å². The number of nitrogens with one attached hydrogen (secondary N) is 1. The predicted molar refractivity (Wildman–Crippen MR) is 50.5 cm³/mol. The van der Waals surface area contributed by atoms with Gasteiger partial charge >= 0.3 is 5.97 Å². The zero-order valence-corrected chi connectivity index (χ0v) is 8.03. The van der Waals surface area contributed by atoms with Gasteiger partial charge in [0.2, 0.25) is 0 Å². The van der Waals surface area contributed by atoms with Gasteiger partial charge < -0.3 is 10.1 Å². The van der Waals surface area contributed by atoms with Crippen molar-refractivity contribution in [3.8, 4) is 0 Å². The third-order valence-electron chi connectivity index (χ3n) is 1.75. The number of carboxylic acid groups (broad SMARTS) is 1. The fourth-order valence-corrected chi connectivity index (χ4v) is 1.28. The number of hydrogen-bond acceptors (Lipinski definition) is 2. The van der Waals surface area contributed by atoms with Crippen LogP contribution in [0.2, 0.25) is 0 Å². The Labute approximate surface area is 80.3 Å². The lowest BCUT2D eigenvalue weighted by atomic mass is 10.1. The zero-order valence-electron chi connectivity index (χ0n) is 7.03. The second kappa shape index (κ2) is 4.79. The molecule has 0 aromatic heterocycles. The van der Waals surface area contributed by atoms with Crippen LogP contribution in [0.5, 0.6) is 0 Å². The lowest BCUT2D eigenvalue weighted by molar-refractivity contribution is -0.138. The molecule has 1 rings (SSSR count). The van der Waals surface area contributed by atoms with E-state index in [0.29, 0.717) is 6.42 Å². The zero-order chi connectivity index (χ0) is 9.68. The molecule has 4 heteroatoms. The van der Waals surface area contributed by atoms with Gasteiger partial charge in [-0.1, -0.05) is 30.3 Å². The lowest BCUT2D eigenvalue weighted by Crippen LogP contribution is -2.36. The van der Waals surface area contributed by atoms with E-state index in [4.69, 9.17) is 5.11 Å². The summed E-state index contributed by atoms with van der Waals surface area (Å²) >= 11 is 0. The van der Waals surface area contributed by atoms with Gasteiger partial charge in [-0.3, -0.25) is 4.79 Å². The Kier molecular flexibility index (Phi) is 3.66. The first-order valence-corrected chi connectivity index (χ1v) is 4.43. The van der Waals surface area contributed by atoms with Crippen molar-refractivity contribution in [3.63, 3.8) is 0 Å². The van der Waals surface area contributed by atoms with Crippen LogP contribution in [0, 0.1) is 0 Å². The molecule has 1 atom stereocenters. The van der Waals surface area contributed by atoms with Gasteiger partial charge in [-0.15, -0.1) is 0 Å². The minimum absolute atomic E-state index is 0.472. The van der Waals surface area contributed by atoms with Crippen molar-refractivity contribution < 1.29 is 9.90 Å². The van der Waals surface area contributed by atoms with E-state index < -0.39 is 12.0 Å². The second-order valence-corrected chi connectivity index (χ2v) is 3.01. The van der Waals surface area contributed by atoms with Crippen LogP contribution in [-0.4, -0.2) is 27.5 Å². The molecule has 0 aliphatic rings. The third-order valence-corrected chi connectivity index (χ3v) is 2.10. The molecule has 1 aromatic rings. The number of carbonyl (C=O) groups is 1. The molecule has 0 unspecified atom stereocenters. The number of hydrogen-bond donors (Lipinski definition) is 2. The lowest BCUT2D eigenvalue weighted by Gasteiger charge is -2.10. The van der Waals surface area contributed by atoms with Gasteiger partial charge in [-0.25, -0.2) is 0 Å². The van der Waals surface area contributed by atoms with Crippen molar-refractivity contribution in [2.45, 2.75) is 12.5 Å². The van der Waals surface area contributed by atoms with Gasteiger partial charge in [-0.2, -0.15) is 0 Å². The van der Waals surface area contributed by atoms with E-state index >= 15 is 0 Å². The monoisotopic (exact) mass is 192 g/mol. The largest absolute Gasteiger partial charge is 0.480 e. The van der Waals surface area contributed by atoms with Gasteiger partial charge in [0.05, 0.1) is 0 Å². The number of benzene rings is 1. The van der Waals surface area contributed by atoms with E-state index in [-0.39, 0.29) is 0 Å². The Morgan fingerprint density at radius 2 is 2.08 bits per heavy atom. The summed E-state index contributed by atoms with van der Waals surface area (Å²) in [6.45, 7) is 0. The van der Waals surface area contributed by atoms with Crippen LogP contribution in [0.25, 0.3) is 0 Å². The summed E-state index contributed by atoms with van der Waals surface area (Å²) in [6.07, 6.45) is 0.472. The maximum absolute atomic E-state index is 10.6. The molecule has 0 saturated heterocycles. The smallest absolute Gasteiger partial charge is 0.320 e. The minimum Gasteiger partial charge on any atom is -0.480 e. The first kappa shape index (κ1) is 9.95. The summed E-state index contributed by atoms with van der Waals surface area (Å²) in [5.74, 6) is -0.862. The molecule has 0 aliphatic heterocycles. The number of aliphatic carboxylic acids is 1. The standard InChI is InChI=1S/C9H10NO2Si/c11-9(12)8(10-13)6-7-4-2-1-3-5-7/h1-5,8,10H,6H2,(H,11,12)/t8-/m0/s1. The van der Waals surface area contributed by atoms with Crippen molar-refractivity contribution >= 4 is 16.4 Å². The van der Waals surface area contributed by atoms with Crippen molar-refractivity contribution in [3.05, 3.63) is 35.9 Å². The Bertz CT molecular complexity index is 276. The van der Waals surface area contributed by atoms with Crippen molar-refractivity contribution in [1.29, 1.82) is 0 Å². The highest BCUT2D eigenvalue weighted by Crippen LogP contribution is 2.02. The molecule has 0 bridgehead atoms. The molecule has 2 N–H and O–H groups in total. The van der Waals surface area contributed by atoms with Gasteiger partial charge in [-0.05, 0) is 12.0 Å². The highest BCUT2D eigenvalue weighted by Gasteiger charge is 2.14. The molecular weight excluding hydrogens is 182 g/mol. The van der Waals surface area contributed by atoms with Crippen LogP contribution in [0.1, 0.15) is 5.56 Å².